The van der Waals surface area contributed by atoms with E-state index in [1.54, 1.807) is 0 Å². The van der Waals surface area contributed by atoms with Crippen molar-refractivity contribution in [2.45, 2.75) is 32.2 Å². The van der Waals surface area contributed by atoms with Crippen molar-refractivity contribution in [3.63, 3.8) is 0 Å². The van der Waals surface area contributed by atoms with Crippen LogP contribution in [-0.2, 0) is 0 Å². The van der Waals surface area contributed by atoms with Gasteiger partial charge in [-0.1, -0.05) is 13.0 Å². The average Bonchev–Trinajstić information content (AvgIpc) is 2.91. The topological polar surface area (TPSA) is 39.1 Å². The molecule has 3 heteroatoms. The van der Waals surface area contributed by atoms with Crippen molar-refractivity contribution >= 4 is 5.69 Å². The lowest BCUT2D eigenvalue weighted by atomic mass is 10.1. The van der Waals surface area contributed by atoms with Gasteiger partial charge in [0.25, 0.3) is 0 Å². The maximum absolute atomic E-state index is 8.98. The molecule has 3 nitrogen and oxygen atoms in total. The van der Waals surface area contributed by atoms with Crippen molar-refractivity contribution < 1.29 is 0 Å². The molecule has 1 fully saturated rings. The lowest BCUT2D eigenvalue weighted by molar-refractivity contribution is 0.578. The molecule has 1 heterocycles. The van der Waals surface area contributed by atoms with E-state index in [2.05, 4.69) is 29.3 Å². The largest absolute Gasteiger partial charge is 0.370 e. The van der Waals surface area contributed by atoms with E-state index in [0.29, 0.717) is 6.04 Å². The summed E-state index contributed by atoms with van der Waals surface area (Å²) >= 11 is 0. The number of rotatable bonds is 5. The molecular formula is C15H21N3. The zero-order valence-corrected chi connectivity index (χ0v) is 11.0. The van der Waals surface area contributed by atoms with Crippen LogP contribution in [0.3, 0.4) is 0 Å². The summed E-state index contributed by atoms with van der Waals surface area (Å²) in [5, 5.41) is 12.5. The fraction of sp³-hybridized carbons (Fsp3) is 0.533. The van der Waals surface area contributed by atoms with Gasteiger partial charge in [-0.15, -0.1) is 0 Å². The molecule has 1 atom stereocenters. The lowest BCUT2D eigenvalue weighted by Crippen LogP contribution is -2.38. The Hall–Kier alpha value is -1.53. The van der Waals surface area contributed by atoms with E-state index < -0.39 is 0 Å². The van der Waals surface area contributed by atoms with Gasteiger partial charge >= 0.3 is 0 Å². The Kier molecular flexibility index (Phi) is 4.60. The Labute approximate surface area is 109 Å². The maximum atomic E-state index is 8.98. The van der Waals surface area contributed by atoms with E-state index in [9.17, 15) is 0 Å². The van der Waals surface area contributed by atoms with Crippen molar-refractivity contribution in [1.82, 2.24) is 5.32 Å². The number of nitrogens with zero attached hydrogens (tertiary/aromatic N) is 2. The highest BCUT2D eigenvalue weighted by Gasteiger charge is 2.17. The second-order valence-electron chi connectivity index (χ2n) is 4.90. The van der Waals surface area contributed by atoms with E-state index in [1.807, 2.05) is 18.2 Å². The quantitative estimate of drug-likeness (QED) is 0.863. The molecule has 0 bridgehead atoms. The third kappa shape index (κ3) is 3.24. The minimum Gasteiger partial charge on any atom is -0.370 e. The molecule has 1 aromatic rings. The molecule has 1 aliphatic rings. The number of nitrogens with one attached hydrogen (secondary N) is 1. The Bertz CT molecular complexity index is 416. The molecule has 1 saturated heterocycles. The van der Waals surface area contributed by atoms with E-state index in [0.717, 1.165) is 31.6 Å². The SMILES string of the molecule is CCCN(CC1CCCN1)c1cccc(C#N)c1. The number of anilines is 1. The van der Waals surface area contributed by atoms with E-state index in [1.165, 1.54) is 18.5 Å². The first-order valence-corrected chi connectivity index (χ1v) is 6.82. The summed E-state index contributed by atoms with van der Waals surface area (Å²) in [5.41, 5.74) is 1.91. The first kappa shape index (κ1) is 12.9. The molecule has 18 heavy (non-hydrogen) atoms. The summed E-state index contributed by atoms with van der Waals surface area (Å²) in [7, 11) is 0. The van der Waals surface area contributed by atoms with E-state index in [-0.39, 0.29) is 0 Å². The summed E-state index contributed by atoms with van der Waals surface area (Å²) in [5.74, 6) is 0. The molecule has 0 saturated carbocycles. The molecule has 0 amide bonds. The van der Waals surface area contributed by atoms with Gasteiger partial charge in [0.2, 0.25) is 0 Å². The highest BCUT2D eigenvalue weighted by atomic mass is 15.2. The van der Waals surface area contributed by atoms with Crippen LogP contribution in [0.2, 0.25) is 0 Å². The van der Waals surface area contributed by atoms with Gasteiger partial charge in [-0.25, -0.2) is 0 Å². The molecule has 1 aromatic carbocycles. The first-order valence-electron chi connectivity index (χ1n) is 6.82. The molecule has 1 N–H and O–H groups in total. The predicted octanol–water partition coefficient (Wildman–Crippen LogP) is 2.53. The van der Waals surface area contributed by atoms with Crippen LogP contribution in [0.4, 0.5) is 5.69 Å². The van der Waals surface area contributed by atoms with Gasteiger partial charge in [0.1, 0.15) is 0 Å². The van der Waals surface area contributed by atoms with Gasteiger partial charge in [0, 0.05) is 24.8 Å². The second kappa shape index (κ2) is 6.42. The standard InChI is InChI=1S/C15H21N3/c1-2-9-18(12-14-6-4-8-17-14)15-7-3-5-13(10-15)11-16/h3,5,7,10,14,17H,2,4,6,8-9,12H2,1H3. The Balaban J connectivity index is 2.09. The van der Waals surface area contributed by atoms with Crippen molar-refractivity contribution in [3.8, 4) is 6.07 Å². The molecule has 1 unspecified atom stereocenters. The van der Waals surface area contributed by atoms with Crippen molar-refractivity contribution in [3.05, 3.63) is 29.8 Å². The average molecular weight is 243 g/mol. The lowest BCUT2D eigenvalue weighted by Gasteiger charge is -2.27. The van der Waals surface area contributed by atoms with Crippen LogP contribution in [0.15, 0.2) is 24.3 Å². The van der Waals surface area contributed by atoms with Gasteiger partial charge in [-0.05, 0) is 44.0 Å². The van der Waals surface area contributed by atoms with Crippen LogP contribution in [0.5, 0.6) is 0 Å². The highest BCUT2D eigenvalue weighted by Crippen LogP contribution is 2.18. The van der Waals surface area contributed by atoms with Crippen LogP contribution in [-0.4, -0.2) is 25.7 Å². The first-order chi connectivity index (χ1) is 8.83. The number of benzene rings is 1. The van der Waals surface area contributed by atoms with Gasteiger partial charge < -0.3 is 10.2 Å². The third-order valence-corrected chi connectivity index (χ3v) is 3.44. The normalized spacial score (nSPS) is 18.6. The van der Waals surface area contributed by atoms with E-state index in [4.69, 9.17) is 5.26 Å². The molecular weight excluding hydrogens is 222 g/mol. The molecule has 0 radical (unpaired) electrons. The molecule has 2 rings (SSSR count). The summed E-state index contributed by atoms with van der Waals surface area (Å²) in [6.45, 7) is 5.43. The van der Waals surface area contributed by atoms with Crippen molar-refractivity contribution in [2.75, 3.05) is 24.5 Å². The molecule has 96 valence electrons. The van der Waals surface area contributed by atoms with Gasteiger partial charge in [0.15, 0.2) is 0 Å². The fourth-order valence-electron chi connectivity index (χ4n) is 2.55. The number of hydrogen-bond donors (Lipinski definition) is 1. The maximum Gasteiger partial charge on any atom is 0.0992 e. The van der Waals surface area contributed by atoms with Crippen molar-refractivity contribution in [1.29, 1.82) is 5.26 Å². The van der Waals surface area contributed by atoms with Crippen LogP contribution in [0.1, 0.15) is 31.7 Å². The summed E-state index contributed by atoms with van der Waals surface area (Å²) in [6.07, 6.45) is 3.67. The minimum absolute atomic E-state index is 0.599. The number of hydrogen-bond acceptors (Lipinski definition) is 3. The Morgan fingerprint density at radius 3 is 3.06 bits per heavy atom. The van der Waals surface area contributed by atoms with Crippen LogP contribution in [0.25, 0.3) is 0 Å². The predicted molar refractivity (Wildman–Crippen MR) is 74.7 cm³/mol. The zero-order chi connectivity index (χ0) is 12.8. The summed E-state index contributed by atoms with van der Waals surface area (Å²) in [4.78, 5) is 2.39. The summed E-state index contributed by atoms with van der Waals surface area (Å²) in [6, 6.07) is 10.7. The monoisotopic (exact) mass is 243 g/mol. The van der Waals surface area contributed by atoms with Gasteiger partial charge in [0.05, 0.1) is 11.6 Å². The van der Waals surface area contributed by atoms with Gasteiger partial charge in [-0.3, -0.25) is 0 Å². The zero-order valence-electron chi connectivity index (χ0n) is 11.0. The molecule has 1 aliphatic heterocycles. The molecule has 0 aromatic heterocycles. The second-order valence-corrected chi connectivity index (χ2v) is 4.90. The highest BCUT2D eigenvalue weighted by molar-refractivity contribution is 5.51. The molecule has 0 aliphatic carbocycles. The van der Waals surface area contributed by atoms with E-state index >= 15 is 0 Å². The van der Waals surface area contributed by atoms with Gasteiger partial charge in [-0.2, -0.15) is 5.26 Å². The third-order valence-electron chi connectivity index (χ3n) is 3.44. The van der Waals surface area contributed by atoms with Crippen molar-refractivity contribution in [2.24, 2.45) is 0 Å². The number of nitriles is 1. The Morgan fingerprint density at radius 2 is 2.39 bits per heavy atom. The van der Waals surface area contributed by atoms with Crippen LogP contribution < -0.4 is 10.2 Å². The van der Waals surface area contributed by atoms with Crippen LogP contribution >= 0.6 is 0 Å². The smallest absolute Gasteiger partial charge is 0.0992 e. The fourth-order valence-corrected chi connectivity index (χ4v) is 2.55. The van der Waals surface area contributed by atoms with Crippen LogP contribution in [0, 0.1) is 11.3 Å². The molecule has 0 spiro atoms. The summed E-state index contributed by atoms with van der Waals surface area (Å²) < 4.78 is 0. The minimum atomic E-state index is 0.599. The Morgan fingerprint density at radius 1 is 1.50 bits per heavy atom.